The molecule has 0 amide bonds. The molecule has 0 radical (unpaired) electrons. The molecule has 2 nitrogen and oxygen atoms in total. The fourth-order valence-electron chi connectivity index (χ4n) is 9.74. The number of hydrogen-bond donors (Lipinski definition) is 0. The Morgan fingerprint density at radius 3 is 1.81 bits per heavy atom. The van der Waals surface area contributed by atoms with Gasteiger partial charge < -0.3 is 9.32 Å². The summed E-state index contributed by atoms with van der Waals surface area (Å²) < 4.78 is 9.05. The molecule has 0 spiro atoms. The number of benzene rings is 9. The lowest BCUT2D eigenvalue weighted by Gasteiger charge is -2.34. The number of para-hydroxylation sites is 2. The molecular weight excluding hydrogens is 723 g/mol. The lowest BCUT2D eigenvalue weighted by atomic mass is 9.68. The van der Waals surface area contributed by atoms with Crippen LogP contribution in [0.3, 0.4) is 0 Å². The van der Waals surface area contributed by atoms with Gasteiger partial charge in [0.05, 0.1) is 21.5 Å². The number of anilines is 3. The molecule has 0 bridgehead atoms. The molecule has 0 saturated carbocycles. The van der Waals surface area contributed by atoms with E-state index in [2.05, 4.69) is 211 Å². The normalized spacial score (nSPS) is 13.0. The molecule has 0 aliphatic heterocycles. The van der Waals surface area contributed by atoms with E-state index in [0.717, 1.165) is 50.1 Å². The van der Waals surface area contributed by atoms with Crippen LogP contribution < -0.4 is 4.90 Å². The first-order chi connectivity index (χ1) is 28.8. The molecule has 0 N–H and O–H groups in total. The van der Waals surface area contributed by atoms with Crippen molar-refractivity contribution in [1.29, 1.82) is 0 Å². The molecule has 9 aromatic carbocycles. The number of furan rings is 1. The molecule has 0 unspecified atom stereocenters. The highest BCUT2D eigenvalue weighted by Gasteiger charge is 2.47. The average molecular weight is 758 g/mol. The second-order valence-corrected chi connectivity index (χ2v) is 16.2. The van der Waals surface area contributed by atoms with Crippen LogP contribution >= 0.6 is 11.3 Å². The fraction of sp³-hybridized carbons (Fsp3) is 0.0182. The highest BCUT2D eigenvalue weighted by atomic mass is 32.1. The summed E-state index contributed by atoms with van der Waals surface area (Å²) in [6, 6.07) is 77.5. The summed E-state index contributed by atoms with van der Waals surface area (Å²) >= 11 is 1.87. The van der Waals surface area contributed by atoms with Crippen LogP contribution in [-0.2, 0) is 5.41 Å². The summed E-state index contributed by atoms with van der Waals surface area (Å²) in [5, 5.41) is 4.83. The fourth-order valence-corrected chi connectivity index (χ4v) is 10.9. The van der Waals surface area contributed by atoms with Crippen molar-refractivity contribution in [2.45, 2.75) is 5.41 Å². The van der Waals surface area contributed by atoms with Gasteiger partial charge in [-0.25, -0.2) is 0 Å². The maximum Gasteiger partial charge on any atom is 0.143 e. The molecule has 0 saturated heterocycles. The van der Waals surface area contributed by atoms with E-state index in [-0.39, 0.29) is 0 Å². The van der Waals surface area contributed by atoms with Gasteiger partial charge in [0.2, 0.25) is 0 Å². The first-order valence-electron chi connectivity index (χ1n) is 19.8. The van der Waals surface area contributed by atoms with Gasteiger partial charge in [0.1, 0.15) is 11.2 Å². The predicted molar refractivity (Wildman–Crippen MR) is 244 cm³/mol. The van der Waals surface area contributed by atoms with Crippen LogP contribution in [0, 0.1) is 0 Å². The van der Waals surface area contributed by atoms with Crippen LogP contribution in [0.25, 0.3) is 64.4 Å². The quantitative estimate of drug-likeness (QED) is 0.168. The largest absolute Gasteiger partial charge is 0.455 e. The van der Waals surface area contributed by atoms with Gasteiger partial charge in [-0.15, -0.1) is 11.3 Å². The van der Waals surface area contributed by atoms with Gasteiger partial charge in [-0.05, 0) is 69.8 Å². The molecule has 0 atom stereocenters. The molecule has 2 aromatic heterocycles. The van der Waals surface area contributed by atoms with Crippen LogP contribution in [0.4, 0.5) is 17.1 Å². The van der Waals surface area contributed by atoms with Crippen molar-refractivity contribution < 1.29 is 4.42 Å². The Morgan fingerprint density at radius 2 is 1.00 bits per heavy atom. The summed E-state index contributed by atoms with van der Waals surface area (Å²) in [5.41, 5.74) is 14.5. The highest BCUT2D eigenvalue weighted by Crippen LogP contribution is 2.60. The van der Waals surface area contributed by atoms with Crippen molar-refractivity contribution in [1.82, 2.24) is 0 Å². The second-order valence-electron chi connectivity index (χ2n) is 15.1. The monoisotopic (exact) mass is 757 g/mol. The zero-order valence-electron chi connectivity index (χ0n) is 31.5. The molecule has 1 aliphatic rings. The topological polar surface area (TPSA) is 16.4 Å². The molecule has 0 fully saturated rings. The van der Waals surface area contributed by atoms with E-state index in [0.29, 0.717) is 0 Å². The lowest BCUT2D eigenvalue weighted by Crippen LogP contribution is -2.28. The maximum atomic E-state index is 6.50. The summed E-state index contributed by atoms with van der Waals surface area (Å²) in [6.45, 7) is 0. The Balaban J connectivity index is 1.13. The predicted octanol–water partition coefficient (Wildman–Crippen LogP) is 15.5. The van der Waals surface area contributed by atoms with Crippen molar-refractivity contribution in [3.05, 3.63) is 235 Å². The molecule has 58 heavy (non-hydrogen) atoms. The Hall–Kier alpha value is -7.20. The second kappa shape index (κ2) is 12.9. The van der Waals surface area contributed by atoms with E-state index in [1.165, 1.54) is 53.6 Å². The minimum atomic E-state index is -0.505. The van der Waals surface area contributed by atoms with E-state index < -0.39 is 5.41 Å². The van der Waals surface area contributed by atoms with Gasteiger partial charge in [-0.3, -0.25) is 0 Å². The van der Waals surface area contributed by atoms with Gasteiger partial charge in [0.15, 0.2) is 0 Å². The lowest BCUT2D eigenvalue weighted by molar-refractivity contribution is 0.670. The summed E-state index contributed by atoms with van der Waals surface area (Å²) in [7, 11) is 0. The Bertz CT molecular complexity index is 3300. The minimum absolute atomic E-state index is 0.505. The summed E-state index contributed by atoms with van der Waals surface area (Å²) in [4.78, 5) is 2.50. The molecule has 2 heterocycles. The van der Waals surface area contributed by atoms with Gasteiger partial charge in [0.25, 0.3) is 0 Å². The van der Waals surface area contributed by atoms with Gasteiger partial charge in [0, 0.05) is 43.1 Å². The minimum Gasteiger partial charge on any atom is -0.455 e. The van der Waals surface area contributed by atoms with Gasteiger partial charge >= 0.3 is 0 Å². The Morgan fingerprint density at radius 1 is 0.414 bits per heavy atom. The van der Waals surface area contributed by atoms with Crippen LogP contribution in [0.5, 0.6) is 0 Å². The molecule has 1 aliphatic carbocycles. The van der Waals surface area contributed by atoms with Gasteiger partial charge in [-0.1, -0.05) is 176 Å². The highest BCUT2D eigenvalue weighted by molar-refractivity contribution is 7.26. The van der Waals surface area contributed by atoms with E-state index in [1.54, 1.807) is 0 Å². The van der Waals surface area contributed by atoms with Crippen molar-refractivity contribution in [3.8, 4) is 22.3 Å². The van der Waals surface area contributed by atoms with E-state index in [9.17, 15) is 0 Å². The Labute approximate surface area is 340 Å². The first-order valence-corrected chi connectivity index (χ1v) is 20.7. The molecule has 272 valence electrons. The van der Waals surface area contributed by atoms with Crippen molar-refractivity contribution in [2.24, 2.45) is 0 Å². The molecule has 12 rings (SSSR count). The summed E-state index contributed by atoms with van der Waals surface area (Å²) in [5.74, 6) is 0. The summed E-state index contributed by atoms with van der Waals surface area (Å²) in [6.07, 6.45) is 0. The number of thiophene rings is 1. The van der Waals surface area contributed by atoms with Crippen LogP contribution in [0.2, 0.25) is 0 Å². The third-order valence-electron chi connectivity index (χ3n) is 12.2. The molecule has 11 aromatic rings. The van der Waals surface area contributed by atoms with Crippen molar-refractivity contribution >= 4 is 70.5 Å². The first kappa shape index (κ1) is 33.0. The van der Waals surface area contributed by atoms with Crippen LogP contribution in [0.15, 0.2) is 217 Å². The molecule has 3 heteroatoms. The van der Waals surface area contributed by atoms with Crippen LogP contribution in [-0.4, -0.2) is 0 Å². The zero-order valence-corrected chi connectivity index (χ0v) is 32.3. The van der Waals surface area contributed by atoms with E-state index in [4.69, 9.17) is 4.42 Å². The number of rotatable bonds is 6. The van der Waals surface area contributed by atoms with Crippen molar-refractivity contribution in [3.63, 3.8) is 0 Å². The third kappa shape index (κ3) is 4.71. The van der Waals surface area contributed by atoms with Crippen LogP contribution in [0.1, 0.15) is 22.3 Å². The van der Waals surface area contributed by atoms with E-state index in [1.807, 2.05) is 17.4 Å². The number of nitrogens with zero attached hydrogens (tertiary/aromatic N) is 1. The number of hydrogen-bond acceptors (Lipinski definition) is 3. The zero-order chi connectivity index (χ0) is 38.2. The molecular formula is C55H35NOS. The van der Waals surface area contributed by atoms with E-state index >= 15 is 0 Å². The third-order valence-corrected chi connectivity index (χ3v) is 13.4. The average Bonchev–Trinajstić information content (AvgIpc) is 3.97. The smallest absolute Gasteiger partial charge is 0.143 e. The SMILES string of the molecule is c1ccc(C2(c3ccccc3)c3ccccc3-c3c(N(c4ccc(-c5cccc6c5oc5ccccc56)cc4)c4cccc5c4sc4ccccc45)cccc32)cc1. The van der Waals surface area contributed by atoms with Gasteiger partial charge in [-0.2, -0.15) is 0 Å². The Kier molecular flexibility index (Phi) is 7.35. The van der Waals surface area contributed by atoms with Crippen molar-refractivity contribution in [2.75, 3.05) is 4.90 Å². The standard InChI is InChI=1S/C55H35NOS/c1-3-16-37(17-4-1)55(38-18-5-2-6-19-38)46-26-10-7-22-45(46)52-47(55)27-15-28-48(52)56(49-29-14-25-44-42-21-9-12-31-51(42)58-54(44)49)39-34-32-36(33-35-39)40-23-13-24-43-41-20-8-11-30-50(41)57-53(40)43/h1-35H. The number of fused-ring (bicyclic) bond motifs is 9. The maximum absolute atomic E-state index is 6.50.